The van der Waals surface area contributed by atoms with Gasteiger partial charge in [0.05, 0.1) is 29.2 Å². The SMILES string of the molecule is CC1CC(C(=O)Nc2ccc(S(=O)(=O)Cl)cc2Br)CO1. The maximum absolute atomic E-state index is 12.0. The molecule has 1 fully saturated rings. The number of carbonyl (C=O) groups excluding carboxylic acids is 1. The van der Waals surface area contributed by atoms with Gasteiger partial charge in [0.15, 0.2) is 0 Å². The van der Waals surface area contributed by atoms with E-state index in [-0.39, 0.29) is 22.8 Å². The lowest BCUT2D eigenvalue weighted by atomic mass is 10.1. The molecule has 2 atom stereocenters. The van der Waals surface area contributed by atoms with Crippen LogP contribution in [0.4, 0.5) is 5.69 Å². The van der Waals surface area contributed by atoms with Crippen LogP contribution in [0, 0.1) is 5.92 Å². The van der Waals surface area contributed by atoms with E-state index in [2.05, 4.69) is 21.2 Å². The average molecular weight is 383 g/mol. The van der Waals surface area contributed by atoms with Gasteiger partial charge < -0.3 is 10.1 Å². The molecule has 0 bridgehead atoms. The number of amides is 1. The molecule has 2 unspecified atom stereocenters. The monoisotopic (exact) mass is 381 g/mol. The standard InChI is InChI=1S/C12H13BrClNO4S/c1-7-4-8(6-19-7)12(16)15-11-3-2-9(5-10(11)13)20(14,17)18/h2-3,5,7-8H,4,6H2,1H3,(H,15,16). The minimum atomic E-state index is -3.78. The van der Waals surface area contributed by atoms with E-state index in [0.29, 0.717) is 23.2 Å². The van der Waals surface area contributed by atoms with Crippen LogP contribution in [-0.4, -0.2) is 27.0 Å². The minimum absolute atomic E-state index is 0.0261. The van der Waals surface area contributed by atoms with E-state index in [1.165, 1.54) is 18.2 Å². The smallest absolute Gasteiger partial charge is 0.261 e. The van der Waals surface area contributed by atoms with Crippen molar-refractivity contribution in [3.8, 4) is 0 Å². The van der Waals surface area contributed by atoms with E-state index in [1.54, 1.807) is 0 Å². The molecule has 110 valence electrons. The lowest BCUT2D eigenvalue weighted by Crippen LogP contribution is -2.23. The van der Waals surface area contributed by atoms with Gasteiger partial charge in [0.2, 0.25) is 5.91 Å². The zero-order valence-electron chi connectivity index (χ0n) is 10.6. The Morgan fingerprint density at radius 1 is 1.50 bits per heavy atom. The fourth-order valence-electron chi connectivity index (χ4n) is 1.98. The van der Waals surface area contributed by atoms with E-state index in [1.807, 2.05) is 6.92 Å². The molecule has 1 saturated heterocycles. The first-order valence-electron chi connectivity index (χ1n) is 5.94. The topological polar surface area (TPSA) is 72.5 Å². The molecule has 1 amide bonds. The Morgan fingerprint density at radius 3 is 2.70 bits per heavy atom. The molecular weight excluding hydrogens is 370 g/mol. The largest absolute Gasteiger partial charge is 0.378 e. The van der Waals surface area contributed by atoms with E-state index in [9.17, 15) is 13.2 Å². The zero-order chi connectivity index (χ0) is 14.9. The van der Waals surface area contributed by atoms with Gasteiger partial charge in [-0.15, -0.1) is 0 Å². The fourth-order valence-corrected chi connectivity index (χ4v) is 3.39. The summed E-state index contributed by atoms with van der Waals surface area (Å²) >= 11 is 3.22. The van der Waals surface area contributed by atoms with Crippen LogP contribution >= 0.6 is 26.6 Å². The van der Waals surface area contributed by atoms with Crippen molar-refractivity contribution in [1.29, 1.82) is 0 Å². The van der Waals surface area contributed by atoms with Crippen LogP contribution in [0.2, 0.25) is 0 Å². The van der Waals surface area contributed by atoms with Crippen LogP contribution in [0.15, 0.2) is 27.6 Å². The summed E-state index contributed by atoms with van der Waals surface area (Å²) in [6, 6.07) is 4.19. The maximum atomic E-state index is 12.0. The number of ether oxygens (including phenoxy) is 1. The average Bonchev–Trinajstić information content (AvgIpc) is 2.77. The summed E-state index contributed by atoms with van der Waals surface area (Å²) in [6.07, 6.45) is 0.760. The van der Waals surface area contributed by atoms with Crippen LogP contribution in [0.25, 0.3) is 0 Å². The molecule has 0 saturated carbocycles. The highest BCUT2D eigenvalue weighted by Gasteiger charge is 2.28. The molecule has 0 aromatic heterocycles. The van der Waals surface area contributed by atoms with Crippen molar-refractivity contribution in [2.75, 3.05) is 11.9 Å². The molecule has 5 nitrogen and oxygen atoms in total. The van der Waals surface area contributed by atoms with E-state index >= 15 is 0 Å². The Morgan fingerprint density at radius 2 is 2.20 bits per heavy atom. The quantitative estimate of drug-likeness (QED) is 0.816. The molecule has 0 aliphatic carbocycles. The number of rotatable bonds is 3. The maximum Gasteiger partial charge on any atom is 0.261 e. The number of halogens is 2. The third kappa shape index (κ3) is 3.72. The first-order chi connectivity index (χ1) is 9.27. The van der Waals surface area contributed by atoms with Crippen LogP contribution in [-0.2, 0) is 18.6 Å². The highest BCUT2D eigenvalue weighted by atomic mass is 79.9. The van der Waals surface area contributed by atoms with E-state index < -0.39 is 9.05 Å². The second-order valence-electron chi connectivity index (χ2n) is 4.65. The fraction of sp³-hybridized carbons (Fsp3) is 0.417. The Kier molecular flexibility index (Phi) is 4.73. The van der Waals surface area contributed by atoms with Gasteiger partial charge in [-0.3, -0.25) is 4.79 Å². The molecule has 1 aliphatic heterocycles. The van der Waals surface area contributed by atoms with Gasteiger partial charge in [0.1, 0.15) is 0 Å². The summed E-state index contributed by atoms with van der Waals surface area (Å²) in [6.45, 7) is 2.32. The van der Waals surface area contributed by atoms with Crippen molar-refractivity contribution in [2.24, 2.45) is 5.92 Å². The van der Waals surface area contributed by atoms with Gasteiger partial charge in [-0.25, -0.2) is 8.42 Å². The Hall–Kier alpha value is -0.630. The summed E-state index contributed by atoms with van der Waals surface area (Å²) in [5, 5.41) is 2.75. The molecule has 2 rings (SSSR count). The van der Waals surface area contributed by atoms with Gasteiger partial charge in [-0.1, -0.05) is 0 Å². The van der Waals surface area contributed by atoms with E-state index in [4.69, 9.17) is 15.4 Å². The molecule has 8 heteroatoms. The first-order valence-corrected chi connectivity index (χ1v) is 9.04. The lowest BCUT2D eigenvalue weighted by molar-refractivity contribution is -0.119. The van der Waals surface area contributed by atoms with Gasteiger partial charge in [0, 0.05) is 15.2 Å². The Labute approximate surface area is 130 Å². The first kappa shape index (κ1) is 15.8. The molecular formula is C12H13BrClNO4S. The minimum Gasteiger partial charge on any atom is -0.378 e. The molecule has 0 spiro atoms. The molecule has 1 N–H and O–H groups in total. The Bertz CT molecular complexity index is 634. The van der Waals surface area contributed by atoms with Crippen LogP contribution in [0.3, 0.4) is 0 Å². The molecule has 1 heterocycles. The number of benzene rings is 1. The van der Waals surface area contributed by atoms with E-state index in [0.717, 1.165) is 0 Å². The summed E-state index contributed by atoms with van der Waals surface area (Å²) in [5.74, 6) is -0.329. The number of anilines is 1. The van der Waals surface area contributed by atoms with Crippen LogP contribution in [0.1, 0.15) is 13.3 Å². The highest BCUT2D eigenvalue weighted by Crippen LogP contribution is 2.28. The van der Waals surface area contributed by atoms with Crippen molar-refractivity contribution < 1.29 is 17.9 Å². The summed E-state index contributed by atoms with van der Waals surface area (Å²) < 4.78 is 28.2. The predicted octanol–water partition coefficient (Wildman–Crippen LogP) is 2.74. The third-order valence-corrected chi connectivity index (χ3v) is 5.06. The molecule has 1 aromatic rings. The summed E-state index contributed by atoms with van der Waals surface area (Å²) in [5.41, 5.74) is 0.499. The van der Waals surface area contributed by atoms with Gasteiger partial charge in [0.25, 0.3) is 9.05 Å². The predicted molar refractivity (Wildman–Crippen MR) is 79.3 cm³/mol. The van der Waals surface area contributed by atoms with Crippen molar-refractivity contribution in [2.45, 2.75) is 24.3 Å². The van der Waals surface area contributed by atoms with Crippen molar-refractivity contribution in [3.63, 3.8) is 0 Å². The third-order valence-electron chi connectivity index (χ3n) is 3.05. The molecule has 0 radical (unpaired) electrons. The van der Waals surface area contributed by atoms with Crippen LogP contribution in [0.5, 0.6) is 0 Å². The normalized spacial score (nSPS) is 22.8. The number of hydrogen-bond donors (Lipinski definition) is 1. The van der Waals surface area contributed by atoms with Crippen molar-refractivity contribution in [1.82, 2.24) is 0 Å². The van der Waals surface area contributed by atoms with Crippen molar-refractivity contribution >= 4 is 47.3 Å². The summed E-state index contributed by atoms with van der Waals surface area (Å²) in [4.78, 5) is 12.0. The molecule has 1 aromatic carbocycles. The highest BCUT2D eigenvalue weighted by molar-refractivity contribution is 9.10. The number of nitrogens with one attached hydrogen (secondary N) is 1. The number of carbonyl (C=O) groups is 1. The zero-order valence-corrected chi connectivity index (χ0v) is 13.8. The number of hydrogen-bond acceptors (Lipinski definition) is 4. The lowest BCUT2D eigenvalue weighted by Gasteiger charge is -2.11. The van der Waals surface area contributed by atoms with Crippen LogP contribution < -0.4 is 5.32 Å². The second kappa shape index (κ2) is 6.01. The summed E-state index contributed by atoms with van der Waals surface area (Å²) in [7, 11) is 1.47. The van der Waals surface area contributed by atoms with Crippen molar-refractivity contribution in [3.05, 3.63) is 22.7 Å². The molecule has 1 aliphatic rings. The van der Waals surface area contributed by atoms with Gasteiger partial charge in [-0.05, 0) is 47.5 Å². The second-order valence-corrected chi connectivity index (χ2v) is 8.07. The molecule has 20 heavy (non-hydrogen) atoms. The van der Waals surface area contributed by atoms with Gasteiger partial charge >= 0.3 is 0 Å². The Balaban J connectivity index is 2.12. The van der Waals surface area contributed by atoms with Gasteiger partial charge in [-0.2, -0.15) is 0 Å².